The maximum absolute atomic E-state index is 12.3. The quantitative estimate of drug-likeness (QED) is 0.447. The minimum atomic E-state index is -0.402. The average Bonchev–Trinajstić information content (AvgIpc) is 2.68. The number of amides is 1. The van der Waals surface area contributed by atoms with E-state index >= 15 is 0 Å². The van der Waals surface area contributed by atoms with Crippen LogP contribution < -0.4 is 16.6 Å². The van der Waals surface area contributed by atoms with Gasteiger partial charge in [0.1, 0.15) is 0 Å². The number of nitrogen functional groups attached to an aromatic ring is 1. The van der Waals surface area contributed by atoms with Crippen LogP contribution >= 0.6 is 11.8 Å². The molecule has 0 bridgehead atoms. The zero-order chi connectivity index (χ0) is 19.2. The van der Waals surface area contributed by atoms with Gasteiger partial charge in [-0.3, -0.25) is 14.6 Å². The van der Waals surface area contributed by atoms with Gasteiger partial charge >= 0.3 is 0 Å². The molecule has 27 heavy (non-hydrogen) atoms. The summed E-state index contributed by atoms with van der Waals surface area (Å²) < 4.78 is 0. The summed E-state index contributed by atoms with van der Waals surface area (Å²) in [7, 11) is 0. The Balaban J connectivity index is 1.62. The van der Waals surface area contributed by atoms with Crippen molar-refractivity contribution in [2.45, 2.75) is 18.5 Å². The van der Waals surface area contributed by atoms with Crippen LogP contribution in [-0.4, -0.2) is 26.8 Å². The van der Waals surface area contributed by atoms with E-state index in [-0.39, 0.29) is 22.5 Å². The van der Waals surface area contributed by atoms with Crippen molar-refractivity contribution in [3.05, 3.63) is 64.4 Å². The molecule has 1 aromatic heterocycles. The predicted octanol–water partition coefficient (Wildman–Crippen LogP) is 2.71. The third kappa shape index (κ3) is 4.73. The maximum atomic E-state index is 12.3. The van der Waals surface area contributed by atoms with E-state index in [1.54, 1.807) is 24.3 Å². The molecule has 3 rings (SSSR count). The number of aryl methyl sites for hydroxylation is 1. The van der Waals surface area contributed by atoms with Crippen LogP contribution in [-0.2, 0) is 11.2 Å². The number of carbonyl (C=O) groups excluding carboxylic acids is 1. The number of thioether (sulfide) groups is 1. The topological polar surface area (TPSA) is 114 Å². The van der Waals surface area contributed by atoms with E-state index in [0.29, 0.717) is 11.3 Å². The zero-order valence-electron chi connectivity index (χ0n) is 14.7. The normalized spacial score (nSPS) is 10.6. The lowest BCUT2D eigenvalue weighted by atomic mass is 10.1. The van der Waals surface area contributed by atoms with Crippen molar-refractivity contribution in [3.8, 4) is 11.3 Å². The molecule has 0 aliphatic carbocycles. The molecule has 0 unspecified atom stereocenters. The number of hydrogen-bond acceptors (Lipinski definition) is 6. The predicted molar refractivity (Wildman–Crippen MR) is 108 cm³/mol. The fourth-order valence-corrected chi connectivity index (χ4v) is 3.03. The van der Waals surface area contributed by atoms with Gasteiger partial charge in [-0.05, 0) is 30.2 Å². The summed E-state index contributed by atoms with van der Waals surface area (Å²) >= 11 is 1.11. The van der Waals surface area contributed by atoms with Crippen molar-refractivity contribution >= 4 is 29.0 Å². The van der Waals surface area contributed by atoms with E-state index in [1.165, 1.54) is 5.56 Å². The molecular weight excluding hydrogens is 362 g/mol. The number of hydrogen-bond donors (Lipinski definition) is 3. The number of aromatic nitrogens is 3. The average molecular weight is 381 g/mol. The van der Waals surface area contributed by atoms with Crippen LogP contribution in [0.1, 0.15) is 12.5 Å². The molecule has 0 saturated carbocycles. The minimum absolute atomic E-state index is 0.104. The highest BCUT2D eigenvalue weighted by atomic mass is 32.2. The summed E-state index contributed by atoms with van der Waals surface area (Å²) in [6.45, 7) is 2.07. The number of anilines is 2. The SMILES string of the molecule is CCc1ccc(NC(=O)CSc2nnc(-c3ccccc3N)c(=O)[nH]2)cc1. The summed E-state index contributed by atoms with van der Waals surface area (Å²) in [6.07, 6.45) is 0.945. The highest BCUT2D eigenvalue weighted by Gasteiger charge is 2.11. The molecule has 3 aromatic rings. The first-order chi connectivity index (χ1) is 13.1. The van der Waals surface area contributed by atoms with Crippen molar-refractivity contribution in [2.24, 2.45) is 0 Å². The first kappa shape index (κ1) is 18.7. The van der Waals surface area contributed by atoms with Crippen LogP contribution in [0.15, 0.2) is 58.5 Å². The molecular formula is C19H19N5O2S. The number of aromatic amines is 1. The van der Waals surface area contributed by atoms with E-state index in [0.717, 1.165) is 23.9 Å². The van der Waals surface area contributed by atoms with Crippen molar-refractivity contribution in [1.29, 1.82) is 0 Å². The summed E-state index contributed by atoms with van der Waals surface area (Å²) in [4.78, 5) is 27.0. The Hall–Kier alpha value is -3.13. The first-order valence-corrected chi connectivity index (χ1v) is 9.39. The summed E-state index contributed by atoms with van der Waals surface area (Å²) in [6, 6.07) is 14.6. The van der Waals surface area contributed by atoms with Gasteiger partial charge < -0.3 is 11.1 Å². The molecule has 0 aliphatic rings. The van der Waals surface area contributed by atoms with E-state index in [4.69, 9.17) is 5.73 Å². The lowest BCUT2D eigenvalue weighted by Crippen LogP contribution is -2.17. The van der Waals surface area contributed by atoms with Gasteiger partial charge in [0, 0.05) is 16.9 Å². The van der Waals surface area contributed by atoms with Crippen molar-refractivity contribution < 1.29 is 4.79 Å². The fraction of sp³-hybridized carbons (Fsp3) is 0.158. The van der Waals surface area contributed by atoms with Crippen molar-refractivity contribution in [2.75, 3.05) is 16.8 Å². The molecule has 0 atom stereocenters. The van der Waals surface area contributed by atoms with Crippen LogP contribution in [0.5, 0.6) is 0 Å². The lowest BCUT2D eigenvalue weighted by Gasteiger charge is -2.06. The highest BCUT2D eigenvalue weighted by Crippen LogP contribution is 2.20. The van der Waals surface area contributed by atoms with Crippen LogP contribution in [0.3, 0.4) is 0 Å². The van der Waals surface area contributed by atoms with Gasteiger partial charge in [0.05, 0.1) is 5.75 Å². The molecule has 138 valence electrons. The van der Waals surface area contributed by atoms with Gasteiger partial charge in [-0.2, -0.15) is 0 Å². The molecule has 2 aromatic carbocycles. The van der Waals surface area contributed by atoms with Crippen molar-refractivity contribution in [3.63, 3.8) is 0 Å². The summed E-state index contributed by atoms with van der Waals surface area (Å²) in [5, 5.41) is 11.0. The summed E-state index contributed by atoms with van der Waals surface area (Å²) in [5.41, 5.74) is 8.53. The Morgan fingerprint density at radius 3 is 2.56 bits per heavy atom. The van der Waals surface area contributed by atoms with Crippen LogP contribution in [0.2, 0.25) is 0 Å². The second-order valence-corrected chi connectivity index (χ2v) is 6.75. The molecule has 4 N–H and O–H groups in total. The van der Waals surface area contributed by atoms with Gasteiger partial charge in [-0.25, -0.2) is 0 Å². The number of nitrogens with two attached hydrogens (primary N) is 1. The molecule has 1 heterocycles. The number of rotatable bonds is 6. The molecule has 0 radical (unpaired) electrons. The van der Waals surface area contributed by atoms with E-state index < -0.39 is 5.56 Å². The monoisotopic (exact) mass is 381 g/mol. The van der Waals surface area contributed by atoms with Crippen LogP contribution in [0.25, 0.3) is 11.3 Å². The second-order valence-electron chi connectivity index (χ2n) is 5.78. The Kier molecular flexibility index (Phi) is 5.87. The number of benzene rings is 2. The number of H-pyrrole nitrogens is 1. The molecule has 0 fully saturated rings. The smallest absolute Gasteiger partial charge is 0.278 e. The van der Waals surface area contributed by atoms with E-state index in [9.17, 15) is 9.59 Å². The third-order valence-electron chi connectivity index (χ3n) is 3.88. The molecule has 0 aliphatic heterocycles. The lowest BCUT2D eigenvalue weighted by molar-refractivity contribution is -0.113. The second kappa shape index (κ2) is 8.50. The number of para-hydroxylation sites is 1. The van der Waals surface area contributed by atoms with Gasteiger partial charge in [0.25, 0.3) is 5.56 Å². The maximum Gasteiger partial charge on any atom is 0.278 e. The standard InChI is InChI=1S/C19H19N5O2S/c1-2-12-7-9-13(10-8-12)21-16(25)11-27-19-22-18(26)17(23-24-19)14-5-3-4-6-15(14)20/h3-10H,2,11,20H2,1H3,(H,21,25)(H,22,24,26). The van der Waals surface area contributed by atoms with E-state index in [2.05, 4.69) is 27.4 Å². The summed E-state index contributed by atoms with van der Waals surface area (Å²) in [5.74, 6) is -0.0873. The fourth-order valence-electron chi connectivity index (χ4n) is 2.43. The van der Waals surface area contributed by atoms with E-state index in [1.807, 2.05) is 24.3 Å². The minimum Gasteiger partial charge on any atom is -0.398 e. The number of nitrogens with zero attached hydrogens (tertiary/aromatic N) is 2. The van der Waals surface area contributed by atoms with Crippen LogP contribution in [0, 0.1) is 0 Å². The van der Waals surface area contributed by atoms with Crippen LogP contribution in [0.4, 0.5) is 11.4 Å². The third-order valence-corrected chi connectivity index (χ3v) is 4.74. The Bertz CT molecular complexity index is 1000. The largest absolute Gasteiger partial charge is 0.398 e. The molecule has 1 amide bonds. The van der Waals surface area contributed by atoms with Gasteiger partial charge in [-0.1, -0.05) is 49.0 Å². The van der Waals surface area contributed by atoms with Gasteiger partial charge in [0.2, 0.25) is 5.91 Å². The highest BCUT2D eigenvalue weighted by molar-refractivity contribution is 7.99. The molecule has 7 nitrogen and oxygen atoms in total. The zero-order valence-corrected chi connectivity index (χ0v) is 15.5. The molecule has 8 heteroatoms. The molecule has 0 spiro atoms. The number of nitrogens with one attached hydrogen (secondary N) is 2. The van der Waals surface area contributed by atoms with Gasteiger partial charge in [-0.15, -0.1) is 10.2 Å². The first-order valence-electron chi connectivity index (χ1n) is 8.40. The number of carbonyl (C=O) groups is 1. The Morgan fingerprint density at radius 2 is 1.89 bits per heavy atom. The molecule has 0 saturated heterocycles. The van der Waals surface area contributed by atoms with Crippen molar-refractivity contribution in [1.82, 2.24) is 15.2 Å². The van der Waals surface area contributed by atoms with Gasteiger partial charge in [0.15, 0.2) is 10.9 Å². The Morgan fingerprint density at radius 1 is 1.15 bits per heavy atom. The Labute approximate surface area is 160 Å².